The van der Waals surface area contributed by atoms with Gasteiger partial charge in [-0.2, -0.15) is 0 Å². The summed E-state index contributed by atoms with van der Waals surface area (Å²) < 4.78 is 0. The molecule has 6 heteroatoms. The van der Waals surface area contributed by atoms with Gasteiger partial charge >= 0.3 is 0 Å². The van der Waals surface area contributed by atoms with Gasteiger partial charge in [0, 0.05) is 30.3 Å². The van der Waals surface area contributed by atoms with E-state index in [0.717, 1.165) is 17.7 Å². The molecule has 1 heterocycles. The number of amides is 1. The lowest BCUT2D eigenvalue weighted by molar-refractivity contribution is -0.385. The molecule has 6 nitrogen and oxygen atoms in total. The molecule has 0 fully saturated rings. The van der Waals surface area contributed by atoms with Crippen molar-refractivity contribution >= 4 is 11.6 Å². The lowest BCUT2D eigenvalue weighted by Crippen LogP contribution is -2.19. The summed E-state index contributed by atoms with van der Waals surface area (Å²) in [6.07, 6.45) is 2.81. The van der Waals surface area contributed by atoms with Crippen LogP contribution in [0.5, 0.6) is 0 Å². The van der Waals surface area contributed by atoms with E-state index in [-0.39, 0.29) is 30.5 Å². The number of aryl methyl sites for hydroxylation is 1. The van der Waals surface area contributed by atoms with Crippen molar-refractivity contribution in [1.82, 2.24) is 10.3 Å². The summed E-state index contributed by atoms with van der Waals surface area (Å²) >= 11 is 0. The molecule has 0 bridgehead atoms. The van der Waals surface area contributed by atoms with E-state index in [1.807, 2.05) is 30.3 Å². The Morgan fingerprint density at radius 1 is 1.07 bits per heavy atom. The van der Waals surface area contributed by atoms with E-state index in [1.54, 1.807) is 24.4 Å². The number of nitro groups is 1. The summed E-state index contributed by atoms with van der Waals surface area (Å²) in [5.74, 6) is -0.525. The minimum absolute atomic E-state index is 0.0142. The fourth-order valence-corrected chi connectivity index (χ4v) is 3.20. The van der Waals surface area contributed by atoms with Crippen LogP contribution in [0.2, 0.25) is 0 Å². The number of nitro benzene ring substituents is 1. The highest BCUT2D eigenvalue weighted by Crippen LogP contribution is 2.27. The van der Waals surface area contributed by atoms with Gasteiger partial charge in [-0.05, 0) is 29.7 Å². The van der Waals surface area contributed by atoms with Gasteiger partial charge in [-0.3, -0.25) is 19.9 Å². The van der Waals surface area contributed by atoms with Crippen LogP contribution in [0.15, 0.2) is 72.9 Å². The first-order valence-electron chi connectivity index (χ1n) is 9.51. The molecule has 0 aliphatic rings. The van der Waals surface area contributed by atoms with Crippen molar-refractivity contribution < 1.29 is 9.72 Å². The summed E-state index contributed by atoms with van der Waals surface area (Å²) in [5, 5.41) is 15.2. The number of benzene rings is 2. The molecule has 0 spiro atoms. The topological polar surface area (TPSA) is 87.2 Å². The van der Waals surface area contributed by atoms with Crippen molar-refractivity contribution in [1.29, 1.82) is 0 Å². The highest BCUT2D eigenvalue weighted by Gasteiger charge is 2.21. The maximum absolute atomic E-state index is 12.6. The first-order valence-corrected chi connectivity index (χ1v) is 9.51. The molecule has 147 valence electrons. The van der Waals surface area contributed by atoms with Crippen molar-refractivity contribution in [2.75, 3.05) is 0 Å². The molecule has 1 radical (unpaired) electrons. The van der Waals surface area contributed by atoms with Crippen LogP contribution < -0.4 is 5.32 Å². The number of carbonyl (C=O) groups excluding carboxylic acids is 1. The van der Waals surface area contributed by atoms with Crippen LogP contribution >= 0.6 is 0 Å². The number of rotatable bonds is 8. The molecule has 3 aromatic rings. The zero-order valence-electron chi connectivity index (χ0n) is 16.2. The second-order valence-electron chi connectivity index (χ2n) is 6.70. The van der Waals surface area contributed by atoms with E-state index in [1.165, 1.54) is 11.6 Å². The average Bonchev–Trinajstić information content (AvgIpc) is 2.77. The maximum atomic E-state index is 12.6. The van der Waals surface area contributed by atoms with Crippen LogP contribution in [0.25, 0.3) is 0 Å². The number of nitrogens with zero attached hydrogens (tertiary/aromatic N) is 3. The zero-order valence-corrected chi connectivity index (χ0v) is 16.2. The van der Waals surface area contributed by atoms with Gasteiger partial charge in [-0.1, -0.05) is 55.5 Å². The Morgan fingerprint density at radius 2 is 1.79 bits per heavy atom. The van der Waals surface area contributed by atoms with Gasteiger partial charge in [0.2, 0.25) is 5.91 Å². The van der Waals surface area contributed by atoms with Crippen molar-refractivity contribution in [2.24, 2.45) is 0 Å². The number of para-hydroxylation sites is 1. The molecule has 0 aliphatic carbocycles. The van der Waals surface area contributed by atoms with Gasteiger partial charge in [-0.25, -0.2) is 5.32 Å². The van der Waals surface area contributed by atoms with E-state index in [9.17, 15) is 14.9 Å². The number of pyridine rings is 1. The van der Waals surface area contributed by atoms with Crippen LogP contribution in [-0.2, 0) is 17.8 Å². The van der Waals surface area contributed by atoms with Gasteiger partial charge < -0.3 is 0 Å². The maximum Gasteiger partial charge on any atom is 0.274 e. The molecular weight excluding hydrogens is 366 g/mol. The summed E-state index contributed by atoms with van der Waals surface area (Å²) in [7, 11) is 0. The van der Waals surface area contributed by atoms with Crippen molar-refractivity contribution in [3.8, 4) is 0 Å². The molecule has 2 aromatic carbocycles. The molecule has 0 saturated carbocycles. The highest BCUT2D eigenvalue weighted by atomic mass is 16.6. The summed E-state index contributed by atoms with van der Waals surface area (Å²) in [6, 6.07) is 20.1. The number of hydrogen-bond donors (Lipinski definition) is 0. The molecule has 29 heavy (non-hydrogen) atoms. The Balaban J connectivity index is 1.75. The third-order valence-electron chi connectivity index (χ3n) is 4.83. The van der Waals surface area contributed by atoms with Crippen LogP contribution in [0, 0.1) is 10.1 Å². The number of hydrogen-bond acceptors (Lipinski definition) is 4. The predicted octanol–water partition coefficient (Wildman–Crippen LogP) is 4.41. The largest absolute Gasteiger partial charge is 0.274 e. The minimum Gasteiger partial charge on any atom is -0.273 e. The third-order valence-corrected chi connectivity index (χ3v) is 4.83. The second kappa shape index (κ2) is 9.59. The highest BCUT2D eigenvalue weighted by molar-refractivity contribution is 5.77. The Kier molecular flexibility index (Phi) is 6.68. The Morgan fingerprint density at radius 3 is 2.45 bits per heavy atom. The smallest absolute Gasteiger partial charge is 0.273 e. The third kappa shape index (κ3) is 5.25. The lowest BCUT2D eigenvalue weighted by atomic mass is 9.90. The fraction of sp³-hybridized carbons (Fsp3) is 0.217. The standard InChI is InChI=1S/C23H22N3O3/c1-2-17-10-12-18(13-11-17)20(21-8-5-6-14-24-21)15-23(27)25-16-19-7-3-4-9-22(19)26(28)29/h3-14,20H,2,15-16H2,1H3. The van der Waals surface area contributed by atoms with E-state index in [4.69, 9.17) is 0 Å². The molecule has 0 N–H and O–H groups in total. The van der Waals surface area contributed by atoms with Crippen molar-refractivity contribution in [3.63, 3.8) is 0 Å². The summed E-state index contributed by atoms with van der Waals surface area (Å²) in [4.78, 5) is 27.7. The zero-order chi connectivity index (χ0) is 20.6. The van der Waals surface area contributed by atoms with Gasteiger partial charge in [0.15, 0.2) is 0 Å². The first-order chi connectivity index (χ1) is 14.1. The minimum atomic E-state index is -0.457. The van der Waals surface area contributed by atoms with E-state index >= 15 is 0 Å². The van der Waals surface area contributed by atoms with Gasteiger partial charge in [0.05, 0.1) is 17.0 Å². The van der Waals surface area contributed by atoms with Crippen LogP contribution in [-0.4, -0.2) is 15.8 Å². The van der Waals surface area contributed by atoms with Crippen molar-refractivity contribution in [2.45, 2.75) is 32.2 Å². The van der Waals surface area contributed by atoms with E-state index < -0.39 is 4.92 Å². The second-order valence-corrected chi connectivity index (χ2v) is 6.70. The first kappa shape index (κ1) is 20.2. The molecular formula is C23H22N3O3. The Hall–Kier alpha value is -3.54. The summed E-state index contributed by atoms with van der Waals surface area (Å²) in [5.41, 5.74) is 3.41. The van der Waals surface area contributed by atoms with Gasteiger partial charge in [-0.15, -0.1) is 0 Å². The number of carbonyl (C=O) groups is 1. The Bertz CT molecular complexity index is 972. The molecule has 1 atom stereocenters. The lowest BCUT2D eigenvalue weighted by Gasteiger charge is -2.16. The molecule has 0 saturated heterocycles. The monoisotopic (exact) mass is 388 g/mol. The van der Waals surface area contributed by atoms with Crippen LogP contribution in [0.3, 0.4) is 0 Å². The molecule has 1 unspecified atom stereocenters. The molecule has 1 aromatic heterocycles. The van der Waals surface area contributed by atoms with Crippen LogP contribution in [0.1, 0.15) is 41.6 Å². The number of aromatic nitrogens is 1. The molecule has 3 rings (SSSR count). The van der Waals surface area contributed by atoms with E-state index in [2.05, 4.69) is 29.4 Å². The van der Waals surface area contributed by atoms with Gasteiger partial charge in [0.1, 0.15) is 0 Å². The molecule has 1 amide bonds. The summed E-state index contributed by atoms with van der Waals surface area (Å²) in [6.45, 7) is 2.08. The fourth-order valence-electron chi connectivity index (χ4n) is 3.20. The van der Waals surface area contributed by atoms with Gasteiger partial charge in [0.25, 0.3) is 5.69 Å². The molecule has 0 aliphatic heterocycles. The predicted molar refractivity (Wildman–Crippen MR) is 110 cm³/mol. The quantitative estimate of drug-likeness (QED) is 0.422. The SMILES string of the molecule is CCc1ccc(C(CC(=O)[N]Cc2ccccc2[N+](=O)[O-])c2ccccn2)cc1. The average molecular weight is 388 g/mol. The Labute approximate surface area is 169 Å². The van der Waals surface area contributed by atoms with Crippen molar-refractivity contribution in [3.05, 3.63) is 105 Å². The van der Waals surface area contributed by atoms with E-state index in [0.29, 0.717) is 5.56 Å². The normalized spacial score (nSPS) is 11.6. The van der Waals surface area contributed by atoms with Crippen LogP contribution in [0.4, 0.5) is 5.69 Å².